The molecule has 13 heteroatoms. The van der Waals surface area contributed by atoms with Gasteiger partial charge < -0.3 is 44.8 Å². The van der Waals surface area contributed by atoms with E-state index in [1.165, 1.54) is 48.3 Å². The Balaban J connectivity index is 0.000000197. The topological polar surface area (TPSA) is 56.0 Å². The predicted molar refractivity (Wildman–Crippen MR) is 362 cm³/mol. The number of hydrogen-bond donors (Lipinski definition) is 2. The van der Waals surface area contributed by atoms with Crippen LogP contribution in [-0.4, -0.2) is 176 Å². The first kappa shape index (κ1) is 71.6. The van der Waals surface area contributed by atoms with E-state index >= 15 is 0 Å². The Morgan fingerprint density at radius 2 is 1.01 bits per heavy atom. The number of nitrogens with one attached hydrogen (secondary N) is 2. The number of benzene rings is 5. The van der Waals surface area contributed by atoms with Crippen LogP contribution < -0.4 is 20.3 Å². The Labute approximate surface area is 520 Å². The number of likely N-dealkylation sites (tertiary alicyclic amines) is 3. The number of nitrogens with zero attached hydrogens (tertiary/aromatic N) is 7. The Kier molecular flexibility index (Phi) is 30.3. The highest BCUT2D eigenvalue weighted by molar-refractivity contribution is 5.60. The number of methoxy groups -OCH3 is 1. The van der Waals surface area contributed by atoms with Crippen molar-refractivity contribution in [3.8, 4) is 5.75 Å². The number of likely N-dealkylation sites (N-methyl/N-ethyl adjacent to an activating group) is 2. The molecule has 478 valence electrons. The van der Waals surface area contributed by atoms with Gasteiger partial charge in [0, 0.05) is 57.9 Å². The maximum Gasteiger partial charge on any atom is 0.146 e. The SMILES string of the molecule is CC(C)c1ccc(C2CCN(C)CC2)c(F)c1.CC(C)c1ccc(CN2CCC(N(C)C)CC2)cc1.CC(C)c1ccc(NCCN(C)C)c(F)c1.COc1cc(C(C)C)ccc1N1CCN(C)CC1.Cc1ccc(NC2CCN(C)CC2)c(F)c1. The first-order chi connectivity index (χ1) is 40.9. The second kappa shape index (κ2) is 36.4. The average molecular weight is 1190 g/mol. The lowest BCUT2D eigenvalue weighted by atomic mass is 9.88. The van der Waals surface area contributed by atoms with Gasteiger partial charge in [0.1, 0.15) is 23.2 Å². The molecule has 0 saturated carbocycles. The van der Waals surface area contributed by atoms with E-state index in [0.29, 0.717) is 47.0 Å². The van der Waals surface area contributed by atoms with E-state index in [1.807, 2.05) is 51.4 Å². The number of anilines is 3. The van der Waals surface area contributed by atoms with Gasteiger partial charge >= 0.3 is 0 Å². The van der Waals surface area contributed by atoms with Crippen molar-refractivity contribution in [3.05, 3.63) is 153 Å². The molecule has 5 aromatic carbocycles. The standard InChI is InChI=1S/C17H28N2.C15H22FN.C15H24N2O.C13H19FN2.C13H21FN2/c1-14(2)16-7-5-15(6-8-16)13-19-11-9-17(10-12-19)18(3)4;1-11(2)13-4-5-14(15(16)10-13)12-6-8-17(3)9-7-12;1-12(2)13-5-6-14(15(11-13)18-4)17-9-7-16(3)8-10-17;1-10-3-4-13(12(14)9-10)15-11-5-7-16(2)8-6-11;1-10(2)11-5-6-13(12(14)9-11)15-7-8-16(3)4/h5-8,14,17H,9-13H2,1-4H3;4-5,10-12H,6-9H2,1-3H3;5-6,11-12H,7-10H2,1-4H3;3-4,9,11,15H,5-8H2,1-2H3;5-6,9-10,15H,7-8H2,1-4H3. The van der Waals surface area contributed by atoms with Gasteiger partial charge in [-0.1, -0.05) is 110 Å². The van der Waals surface area contributed by atoms with Crippen LogP contribution >= 0.6 is 0 Å². The van der Waals surface area contributed by atoms with Crippen molar-refractivity contribution in [2.45, 2.75) is 149 Å². The van der Waals surface area contributed by atoms with Gasteiger partial charge in [-0.15, -0.1) is 0 Å². The van der Waals surface area contributed by atoms with Gasteiger partial charge in [-0.2, -0.15) is 0 Å². The Bertz CT molecular complexity index is 2700. The fraction of sp³-hybridized carbons (Fsp3) is 0.589. The Morgan fingerprint density at radius 3 is 1.52 bits per heavy atom. The Morgan fingerprint density at radius 1 is 0.523 bits per heavy atom. The number of piperazine rings is 1. The molecule has 9 rings (SSSR count). The number of hydrogen-bond acceptors (Lipinski definition) is 10. The van der Waals surface area contributed by atoms with Crippen LogP contribution in [-0.2, 0) is 6.54 Å². The summed E-state index contributed by atoms with van der Waals surface area (Å²) in [6.45, 7) is 33.1. The zero-order valence-electron chi connectivity index (χ0n) is 56.4. The molecule has 4 aliphatic heterocycles. The fourth-order valence-corrected chi connectivity index (χ4v) is 11.3. The van der Waals surface area contributed by atoms with E-state index < -0.39 is 0 Å². The van der Waals surface area contributed by atoms with E-state index in [-0.39, 0.29) is 17.5 Å². The van der Waals surface area contributed by atoms with Crippen molar-refractivity contribution in [2.75, 3.05) is 151 Å². The number of piperidine rings is 3. The van der Waals surface area contributed by atoms with Crippen molar-refractivity contribution in [2.24, 2.45) is 0 Å². The van der Waals surface area contributed by atoms with Crippen molar-refractivity contribution in [1.29, 1.82) is 0 Å². The van der Waals surface area contributed by atoms with E-state index in [4.69, 9.17) is 4.74 Å². The van der Waals surface area contributed by atoms with Crippen LogP contribution in [0.3, 0.4) is 0 Å². The van der Waals surface area contributed by atoms with Gasteiger partial charge in [-0.3, -0.25) is 4.90 Å². The van der Waals surface area contributed by atoms with Crippen LogP contribution in [0.1, 0.15) is 162 Å². The molecule has 5 aromatic rings. The van der Waals surface area contributed by atoms with Gasteiger partial charge in [-0.05, 0) is 245 Å². The van der Waals surface area contributed by atoms with Crippen molar-refractivity contribution in [1.82, 2.24) is 29.4 Å². The van der Waals surface area contributed by atoms with Crippen LogP contribution in [0.5, 0.6) is 5.75 Å². The average Bonchev–Trinajstić information content (AvgIpc) is 3.01. The van der Waals surface area contributed by atoms with Crippen LogP contribution in [0.4, 0.5) is 30.2 Å². The minimum atomic E-state index is -0.162. The molecule has 0 spiro atoms. The largest absolute Gasteiger partial charge is 0.495 e. The van der Waals surface area contributed by atoms with Gasteiger partial charge in [-0.25, -0.2) is 13.2 Å². The molecule has 4 fully saturated rings. The van der Waals surface area contributed by atoms with Crippen LogP contribution in [0.25, 0.3) is 0 Å². The zero-order valence-corrected chi connectivity index (χ0v) is 56.4. The van der Waals surface area contributed by atoms with Gasteiger partial charge in [0.2, 0.25) is 0 Å². The summed E-state index contributed by atoms with van der Waals surface area (Å²) >= 11 is 0. The minimum Gasteiger partial charge on any atom is -0.495 e. The normalized spacial score (nSPS) is 17.0. The summed E-state index contributed by atoms with van der Waals surface area (Å²) in [4.78, 5) is 16.4. The lowest BCUT2D eigenvalue weighted by Crippen LogP contribution is -2.44. The first-order valence-corrected chi connectivity index (χ1v) is 32.4. The predicted octanol–water partition coefficient (Wildman–Crippen LogP) is 15.2. The molecule has 86 heavy (non-hydrogen) atoms. The maximum absolute atomic E-state index is 14.1. The van der Waals surface area contributed by atoms with Crippen molar-refractivity contribution >= 4 is 17.1 Å². The summed E-state index contributed by atoms with van der Waals surface area (Å²) in [6, 6.07) is 33.5. The summed E-state index contributed by atoms with van der Waals surface area (Å²) in [7, 11) is 16.6. The molecule has 0 aromatic heterocycles. The molecule has 0 radical (unpaired) electrons. The number of halogens is 3. The highest BCUT2D eigenvalue weighted by atomic mass is 19.1. The molecule has 10 nitrogen and oxygen atoms in total. The van der Waals surface area contributed by atoms with E-state index in [1.54, 1.807) is 25.3 Å². The molecule has 0 amide bonds. The minimum absolute atomic E-state index is 0.00856. The smallest absolute Gasteiger partial charge is 0.146 e. The lowest BCUT2D eigenvalue weighted by molar-refractivity contribution is 0.140. The molecule has 0 unspecified atom stereocenters. The van der Waals surface area contributed by atoms with Gasteiger partial charge in [0.25, 0.3) is 0 Å². The number of aryl methyl sites for hydroxylation is 1. The monoisotopic (exact) mass is 1190 g/mol. The summed E-state index contributed by atoms with van der Waals surface area (Å²) in [5.41, 5.74) is 10.7. The third-order valence-electron chi connectivity index (χ3n) is 17.6. The highest BCUT2D eigenvalue weighted by Crippen LogP contribution is 2.34. The molecular formula is C73H114F3N9O. The van der Waals surface area contributed by atoms with Crippen molar-refractivity contribution < 1.29 is 17.9 Å². The molecular weight excluding hydrogens is 1080 g/mol. The third kappa shape index (κ3) is 24.1. The summed E-state index contributed by atoms with van der Waals surface area (Å²) in [6.07, 6.45) is 6.94. The fourth-order valence-electron chi connectivity index (χ4n) is 11.3. The second-order valence-corrected chi connectivity index (χ2v) is 26.6. The molecule has 2 N–H and O–H groups in total. The molecule has 0 atom stereocenters. The molecule has 4 aliphatic rings. The van der Waals surface area contributed by atoms with Crippen LogP contribution in [0.2, 0.25) is 0 Å². The first-order valence-electron chi connectivity index (χ1n) is 32.4. The van der Waals surface area contributed by atoms with Gasteiger partial charge in [0.15, 0.2) is 0 Å². The third-order valence-corrected chi connectivity index (χ3v) is 17.6. The summed E-state index contributed by atoms with van der Waals surface area (Å²) in [5.74, 6) is 3.04. The quantitative estimate of drug-likeness (QED) is 0.0999. The Hall–Kier alpha value is -5.15. The van der Waals surface area contributed by atoms with Crippen LogP contribution in [0, 0.1) is 24.4 Å². The molecule has 0 aliphatic carbocycles. The van der Waals surface area contributed by atoms with E-state index in [2.05, 4.69) is 184 Å². The summed E-state index contributed by atoms with van der Waals surface area (Å²) < 4.78 is 46.9. The van der Waals surface area contributed by atoms with E-state index in [0.717, 1.165) is 132 Å². The van der Waals surface area contributed by atoms with Crippen LogP contribution in [0.15, 0.2) is 97.1 Å². The number of ether oxygens (including phenoxy) is 1. The lowest BCUT2D eigenvalue weighted by Gasteiger charge is -2.35. The van der Waals surface area contributed by atoms with Crippen molar-refractivity contribution in [3.63, 3.8) is 0 Å². The summed E-state index contributed by atoms with van der Waals surface area (Å²) in [5, 5.41) is 6.39. The zero-order chi connectivity index (χ0) is 63.0. The second-order valence-electron chi connectivity index (χ2n) is 26.6. The van der Waals surface area contributed by atoms with E-state index in [9.17, 15) is 13.2 Å². The molecule has 0 bridgehead atoms. The molecule has 4 heterocycles. The van der Waals surface area contributed by atoms with Gasteiger partial charge in [0.05, 0.1) is 24.2 Å². The maximum atomic E-state index is 14.1. The highest BCUT2D eigenvalue weighted by Gasteiger charge is 2.24. The molecule has 4 saturated heterocycles. The number of rotatable bonds is 16.